The standard InChI is InChI=1S/C11H8F3N3/c1-17-9-6-7(11(12,13)14)2-3-8(9)16-10(17)4-5-15/h2-3,6H,4H2,1H3. The molecule has 0 aliphatic carbocycles. The zero-order valence-electron chi connectivity index (χ0n) is 8.91. The van der Waals surface area contributed by atoms with Crippen molar-refractivity contribution in [3.63, 3.8) is 0 Å². The lowest BCUT2D eigenvalue weighted by molar-refractivity contribution is -0.137. The van der Waals surface area contributed by atoms with Crippen LogP contribution in [0.3, 0.4) is 0 Å². The van der Waals surface area contributed by atoms with E-state index in [9.17, 15) is 13.2 Å². The number of imidazole rings is 1. The lowest BCUT2D eigenvalue weighted by Gasteiger charge is -2.06. The Balaban J connectivity index is 2.62. The molecule has 0 bridgehead atoms. The van der Waals surface area contributed by atoms with E-state index in [2.05, 4.69) is 4.98 Å². The third kappa shape index (κ3) is 1.96. The average molecular weight is 239 g/mol. The highest BCUT2D eigenvalue weighted by molar-refractivity contribution is 5.77. The quantitative estimate of drug-likeness (QED) is 0.767. The molecule has 1 heterocycles. The van der Waals surface area contributed by atoms with Crippen LogP contribution in [0.25, 0.3) is 11.0 Å². The number of nitriles is 1. The topological polar surface area (TPSA) is 41.6 Å². The summed E-state index contributed by atoms with van der Waals surface area (Å²) in [5.74, 6) is 0.460. The summed E-state index contributed by atoms with van der Waals surface area (Å²) in [6.07, 6.45) is -4.29. The van der Waals surface area contributed by atoms with E-state index < -0.39 is 11.7 Å². The van der Waals surface area contributed by atoms with Crippen LogP contribution < -0.4 is 0 Å². The number of aromatic nitrogens is 2. The first kappa shape index (κ1) is 11.5. The van der Waals surface area contributed by atoms with Gasteiger partial charge in [0.05, 0.1) is 29.1 Å². The number of hydrogen-bond donors (Lipinski definition) is 0. The second-order valence-electron chi connectivity index (χ2n) is 3.62. The van der Waals surface area contributed by atoms with E-state index >= 15 is 0 Å². The van der Waals surface area contributed by atoms with Gasteiger partial charge in [0, 0.05) is 7.05 Å². The first-order valence-corrected chi connectivity index (χ1v) is 4.83. The Kier molecular flexibility index (Phi) is 2.54. The molecule has 0 radical (unpaired) electrons. The summed E-state index contributed by atoms with van der Waals surface area (Å²) in [5, 5.41) is 8.57. The van der Waals surface area contributed by atoms with Gasteiger partial charge in [-0.2, -0.15) is 18.4 Å². The largest absolute Gasteiger partial charge is 0.416 e. The summed E-state index contributed by atoms with van der Waals surface area (Å²) >= 11 is 0. The zero-order valence-corrected chi connectivity index (χ0v) is 8.91. The van der Waals surface area contributed by atoms with Crippen molar-refractivity contribution in [2.75, 3.05) is 0 Å². The molecule has 0 saturated heterocycles. The third-order valence-corrected chi connectivity index (χ3v) is 2.54. The summed E-state index contributed by atoms with van der Waals surface area (Å²) < 4.78 is 39.1. The minimum Gasteiger partial charge on any atom is -0.330 e. The molecule has 88 valence electrons. The fourth-order valence-corrected chi connectivity index (χ4v) is 1.64. The van der Waals surface area contributed by atoms with Gasteiger partial charge < -0.3 is 4.57 Å². The highest BCUT2D eigenvalue weighted by Gasteiger charge is 2.30. The van der Waals surface area contributed by atoms with Gasteiger partial charge in [0.1, 0.15) is 5.82 Å². The minimum atomic E-state index is -4.37. The highest BCUT2D eigenvalue weighted by Crippen LogP contribution is 2.31. The van der Waals surface area contributed by atoms with E-state index in [1.54, 1.807) is 7.05 Å². The van der Waals surface area contributed by atoms with E-state index in [4.69, 9.17) is 5.26 Å². The number of halogens is 3. The van der Waals surface area contributed by atoms with E-state index in [1.807, 2.05) is 6.07 Å². The van der Waals surface area contributed by atoms with Crippen molar-refractivity contribution in [2.24, 2.45) is 7.05 Å². The van der Waals surface area contributed by atoms with E-state index in [1.165, 1.54) is 10.6 Å². The number of alkyl halides is 3. The number of nitrogens with zero attached hydrogens (tertiary/aromatic N) is 3. The Morgan fingerprint density at radius 1 is 1.41 bits per heavy atom. The molecule has 0 aliphatic rings. The van der Waals surface area contributed by atoms with E-state index in [-0.39, 0.29) is 6.42 Å². The molecular weight excluding hydrogens is 231 g/mol. The predicted molar refractivity (Wildman–Crippen MR) is 55.0 cm³/mol. The average Bonchev–Trinajstić information content (AvgIpc) is 2.55. The van der Waals surface area contributed by atoms with Crippen molar-refractivity contribution >= 4 is 11.0 Å². The maximum atomic E-state index is 12.5. The fourth-order valence-electron chi connectivity index (χ4n) is 1.64. The lowest BCUT2D eigenvalue weighted by Crippen LogP contribution is -2.04. The van der Waals surface area contributed by atoms with Crippen LogP contribution in [0.1, 0.15) is 11.4 Å². The number of benzene rings is 1. The number of aryl methyl sites for hydroxylation is 1. The summed E-state index contributed by atoms with van der Waals surface area (Å²) in [6.45, 7) is 0. The molecule has 6 heteroatoms. The van der Waals surface area contributed by atoms with Gasteiger partial charge in [0.2, 0.25) is 0 Å². The van der Waals surface area contributed by atoms with Crippen molar-refractivity contribution in [1.82, 2.24) is 9.55 Å². The normalized spacial score (nSPS) is 11.7. The Morgan fingerprint density at radius 2 is 2.12 bits per heavy atom. The second kappa shape index (κ2) is 3.77. The molecule has 2 rings (SSSR count). The van der Waals surface area contributed by atoms with Gasteiger partial charge in [-0.05, 0) is 18.2 Å². The Labute approximate surface area is 95.1 Å². The van der Waals surface area contributed by atoms with Crippen molar-refractivity contribution in [3.8, 4) is 6.07 Å². The first-order valence-electron chi connectivity index (χ1n) is 4.83. The molecule has 0 saturated carbocycles. The Hall–Kier alpha value is -2.03. The number of rotatable bonds is 1. The number of fused-ring (bicyclic) bond motifs is 1. The van der Waals surface area contributed by atoms with Crippen LogP contribution in [0.15, 0.2) is 18.2 Å². The highest BCUT2D eigenvalue weighted by atomic mass is 19.4. The van der Waals surface area contributed by atoms with Gasteiger partial charge in [0.25, 0.3) is 0 Å². The molecule has 0 aliphatic heterocycles. The lowest BCUT2D eigenvalue weighted by atomic mass is 10.2. The van der Waals surface area contributed by atoms with E-state index in [0.717, 1.165) is 12.1 Å². The van der Waals surface area contributed by atoms with Crippen LogP contribution in [0.5, 0.6) is 0 Å². The maximum Gasteiger partial charge on any atom is 0.416 e. The van der Waals surface area contributed by atoms with Crippen LogP contribution in [0.2, 0.25) is 0 Å². The molecule has 0 N–H and O–H groups in total. The predicted octanol–water partition coefficient (Wildman–Crippen LogP) is 2.66. The van der Waals surface area contributed by atoms with Crippen molar-refractivity contribution < 1.29 is 13.2 Å². The minimum absolute atomic E-state index is 0.0759. The first-order chi connectivity index (χ1) is 7.93. The molecule has 0 spiro atoms. The van der Waals surface area contributed by atoms with Gasteiger partial charge >= 0.3 is 6.18 Å². The smallest absolute Gasteiger partial charge is 0.330 e. The van der Waals surface area contributed by atoms with Crippen LogP contribution in [-0.2, 0) is 19.6 Å². The Bertz CT molecular complexity index is 605. The monoisotopic (exact) mass is 239 g/mol. The summed E-state index contributed by atoms with van der Waals surface area (Å²) in [5.41, 5.74) is 0.132. The summed E-state index contributed by atoms with van der Waals surface area (Å²) in [6, 6.07) is 5.28. The van der Waals surface area contributed by atoms with Crippen LogP contribution in [0.4, 0.5) is 13.2 Å². The third-order valence-electron chi connectivity index (χ3n) is 2.54. The maximum absolute atomic E-state index is 12.5. The van der Waals surface area contributed by atoms with Crippen molar-refractivity contribution in [1.29, 1.82) is 5.26 Å². The molecule has 0 unspecified atom stereocenters. The van der Waals surface area contributed by atoms with Crippen LogP contribution >= 0.6 is 0 Å². The summed E-state index contributed by atoms with van der Waals surface area (Å²) in [7, 11) is 1.60. The van der Waals surface area contributed by atoms with E-state index in [0.29, 0.717) is 16.9 Å². The van der Waals surface area contributed by atoms with Gasteiger partial charge in [-0.15, -0.1) is 0 Å². The fraction of sp³-hybridized carbons (Fsp3) is 0.273. The van der Waals surface area contributed by atoms with Crippen LogP contribution in [0, 0.1) is 11.3 Å². The molecule has 1 aromatic carbocycles. The molecule has 2 aromatic rings. The van der Waals surface area contributed by atoms with Gasteiger partial charge in [-0.3, -0.25) is 0 Å². The molecular formula is C11H8F3N3. The van der Waals surface area contributed by atoms with Gasteiger partial charge in [-0.1, -0.05) is 0 Å². The summed E-state index contributed by atoms with van der Waals surface area (Å²) in [4.78, 5) is 4.10. The zero-order chi connectivity index (χ0) is 12.6. The van der Waals surface area contributed by atoms with Gasteiger partial charge in [-0.25, -0.2) is 4.98 Å². The molecule has 0 amide bonds. The Morgan fingerprint density at radius 3 is 2.71 bits per heavy atom. The molecule has 3 nitrogen and oxygen atoms in total. The number of hydrogen-bond acceptors (Lipinski definition) is 2. The van der Waals surface area contributed by atoms with Crippen molar-refractivity contribution in [3.05, 3.63) is 29.6 Å². The molecule has 0 atom stereocenters. The van der Waals surface area contributed by atoms with Crippen molar-refractivity contribution in [2.45, 2.75) is 12.6 Å². The second-order valence-corrected chi connectivity index (χ2v) is 3.62. The molecule has 17 heavy (non-hydrogen) atoms. The SMILES string of the molecule is Cn1c(CC#N)nc2ccc(C(F)(F)F)cc21. The molecule has 0 fully saturated rings. The van der Waals surface area contributed by atoms with Crippen LogP contribution in [-0.4, -0.2) is 9.55 Å². The molecule has 1 aromatic heterocycles. The van der Waals surface area contributed by atoms with Gasteiger partial charge in [0.15, 0.2) is 0 Å².